The van der Waals surface area contributed by atoms with E-state index in [-0.39, 0.29) is 12.0 Å². The van der Waals surface area contributed by atoms with Crippen molar-refractivity contribution in [2.24, 2.45) is 0 Å². The standard InChI is InChI=1S/C16H19N3O2/c1-8-10(3)18-19-15(8)17-16(20)13-7-5-6-12-9(2)11(4)21-14(12)13/h5-7,9,11H,1-4H3,(H2,17,18,19,20). The average Bonchev–Trinajstić information content (AvgIpc) is 2.93. The van der Waals surface area contributed by atoms with Crippen molar-refractivity contribution in [1.82, 2.24) is 10.2 Å². The summed E-state index contributed by atoms with van der Waals surface area (Å²) >= 11 is 0. The number of ether oxygens (including phenoxy) is 1. The van der Waals surface area contributed by atoms with Crippen LogP contribution in [0, 0.1) is 13.8 Å². The maximum atomic E-state index is 12.5. The maximum Gasteiger partial charge on any atom is 0.260 e. The molecule has 5 nitrogen and oxygen atoms in total. The number of aryl methyl sites for hydroxylation is 1. The highest BCUT2D eigenvalue weighted by Gasteiger charge is 2.31. The van der Waals surface area contributed by atoms with Gasteiger partial charge in [0.05, 0.1) is 5.56 Å². The fourth-order valence-corrected chi connectivity index (χ4v) is 2.55. The van der Waals surface area contributed by atoms with Crippen molar-refractivity contribution in [3.8, 4) is 5.75 Å². The fraction of sp³-hybridized carbons (Fsp3) is 0.375. The molecule has 5 heteroatoms. The van der Waals surface area contributed by atoms with Crippen molar-refractivity contribution in [1.29, 1.82) is 0 Å². The van der Waals surface area contributed by atoms with Crippen molar-refractivity contribution in [3.05, 3.63) is 40.6 Å². The highest BCUT2D eigenvalue weighted by atomic mass is 16.5. The van der Waals surface area contributed by atoms with Gasteiger partial charge in [-0.15, -0.1) is 0 Å². The molecule has 0 aliphatic carbocycles. The lowest BCUT2D eigenvalue weighted by atomic mass is 9.97. The molecule has 0 saturated heterocycles. The number of para-hydroxylation sites is 1. The van der Waals surface area contributed by atoms with E-state index in [4.69, 9.17) is 4.74 Å². The van der Waals surface area contributed by atoms with Crippen LogP contribution in [0.5, 0.6) is 5.75 Å². The van der Waals surface area contributed by atoms with Crippen LogP contribution in [0.2, 0.25) is 0 Å². The topological polar surface area (TPSA) is 67.0 Å². The summed E-state index contributed by atoms with van der Waals surface area (Å²) < 4.78 is 5.86. The van der Waals surface area contributed by atoms with Gasteiger partial charge in [0.2, 0.25) is 0 Å². The van der Waals surface area contributed by atoms with Gasteiger partial charge in [-0.05, 0) is 26.8 Å². The number of aromatic nitrogens is 2. The molecule has 0 bridgehead atoms. The van der Waals surface area contributed by atoms with E-state index in [1.165, 1.54) is 0 Å². The number of rotatable bonds is 2. The Morgan fingerprint density at radius 3 is 2.76 bits per heavy atom. The van der Waals surface area contributed by atoms with E-state index in [1.54, 1.807) is 6.07 Å². The van der Waals surface area contributed by atoms with Gasteiger partial charge in [-0.2, -0.15) is 5.10 Å². The number of fused-ring (bicyclic) bond motifs is 1. The number of anilines is 1. The molecule has 1 aromatic carbocycles. The largest absolute Gasteiger partial charge is 0.489 e. The van der Waals surface area contributed by atoms with Crippen molar-refractivity contribution in [2.45, 2.75) is 39.7 Å². The van der Waals surface area contributed by atoms with Crippen LogP contribution in [0.3, 0.4) is 0 Å². The normalized spacial score (nSPS) is 20.0. The van der Waals surface area contributed by atoms with Crippen LogP contribution in [0.25, 0.3) is 0 Å². The van der Waals surface area contributed by atoms with Crippen molar-refractivity contribution in [2.75, 3.05) is 5.32 Å². The molecular formula is C16H19N3O2. The zero-order chi connectivity index (χ0) is 15.1. The molecule has 2 unspecified atom stereocenters. The van der Waals surface area contributed by atoms with Crippen LogP contribution >= 0.6 is 0 Å². The number of benzene rings is 1. The lowest BCUT2D eigenvalue weighted by molar-refractivity contribution is 0.102. The molecular weight excluding hydrogens is 266 g/mol. The molecule has 2 aromatic rings. The quantitative estimate of drug-likeness (QED) is 0.890. The molecule has 0 saturated carbocycles. The van der Waals surface area contributed by atoms with Crippen LogP contribution in [0.4, 0.5) is 5.82 Å². The van der Waals surface area contributed by atoms with Gasteiger partial charge in [0.25, 0.3) is 5.91 Å². The number of hydrogen-bond donors (Lipinski definition) is 2. The highest BCUT2D eigenvalue weighted by Crippen LogP contribution is 2.40. The Hall–Kier alpha value is -2.30. The maximum absolute atomic E-state index is 12.5. The second-order valence-corrected chi connectivity index (χ2v) is 5.61. The van der Waals surface area contributed by atoms with Crippen LogP contribution in [0.1, 0.15) is 46.9 Å². The Kier molecular flexibility index (Phi) is 3.20. The molecule has 3 rings (SSSR count). The summed E-state index contributed by atoms with van der Waals surface area (Å²) in [6.45, 7) is 7.97. The van der Waals surface area contributed by atoms with Crippen LogP contribution in [0.15, 0.2) is 18.2 Å². The minimum absolute atomic E-state index is 0.0864. The van der Waals surface area contributed by atoms with E-state index in [2.05, 4.69) is 22.4 Å². The molecule has 2 N–H and O–H groups in total. The van der Waals surface area contributed by atoms with Gasteiger partial charge in [-0.25, -0.2) is 0 Å². The van der Waals surface area contributed by atoms with Crippen LogP contribution in [-0.2, 0) is 0 Å². The third kappa shape index (κ3) is 2.18. The monoisotopic (exact) mass is 285 g/mol. The van der Waals surface area contributed by atoms with E-state index in [0.29, 0.717) is 23.0 Å². The Morgan fingerprint density at radius 2 is 2.10 bits per heavy atom. The van der Waals surface area contributed by atoms with Gasteiger partial charge in [-0.3, -0.25) is 9.89 Å². The first kappa shape index (κ1) is 13.7. The fourth-order valence-electron chi connectivity index (χ4n) is 2.55. The minimum Gasteiger partial charge on any atom is -0.489 e. The molecule has 0 spiro atoms. The molecule has 1 aliphatic heterocycles. The predicted octanol–water partition coefficient (Wildman–Crippen LogP) is 3.16. The number of amides is 1. The Balaban J connectivity index is 1.92. The summed E-state index contributed by atoms with van der Waals surface area (Å²) in [6, 6.07) is 5.70. The van der Waals surface area contributed by atoms with Crippen molar-refractivity contribution in [3.63, 3.8) is 0 Å². The number of nitrogens with one attached hydrogen (secondary N) is 2. The molecule has 0 radical (unpaired) electrons. The van der Waals surface area contributed by atoms with E-state index < -0.39 is 0 Å². The van der Waals surface area contributed by atoms with Gasteiger partial charge in [-0.1, -0.05) is 19.1 Å². The summed E-state index contributed by atoms with van der Waals surface area (Å²) in [4.78, 5) is 12.5. The van der Waals surface area contributed by atoms with E-state index in [0.717, 1.165) is 16.8 Å². The molecule has 2 heterocycles. The SMILES string of the molecule is Cc1[nH]nc(NC(=O)c2cccc3c2OC(C)C3C)c1C. The predicted molar refractivity (Wildman–Crippen MR) is 81.0 cm³/mol. The summed E-state index contributed by atoms with van der Waals surface area (Å²) in [7, 11) is 0. The van der Waals surface area contributed by atoms with Crippen LogP contribution in [-0.4, -0.2) is 22.2 Å². The van der Waals surface area contributed by atoms with Crippen LogP contribution < -0.4 is 10.1 Å². The molecule has 21 heavy (non-hydrogen) atoms. The summed E-state index contributed by atoms with van der Waals surface area (Å²) in [5.41, 5.74) is 3.54. The number of aromatic amines is 1. The molecule has 1 aliphatic rings. The van der Waals surface area contributed by atoms with Gasteiger partial charge in [0, 0.05) is 22.7 Å². The highest BCUT2D eigenvalue weighted by molar-refractivity contribution is 6.06. The third-order valence-electron chi connectivity index (χ3n) is 4.27. The Bertz CT molecular complexity index is 706. The number of nitrogens with zero attached hydrogens (tertiary/aromatic N) is 1. The number of hydrogen-bond acceptors (Lipinski definition) is 3. The first-order chi connectivity index (χ1) is 9.99. The second-order valence-electron chi connectivity index (χ2n) is 5.61. The van der Waals surface area contributed by atoms with Gasteiger partial charge >= 0.3 is 0 Å². The average molecular weight is 285 g/mol. The zero-order valence-electron chi connectivity index (χ0n) is 12.7. The molecule has 110 valence electrons. The van der Waals surface area contributed by atoms with E-state index in [1.807, 2.05) is 32.9 Å². The lowest BCUT2D eigenvalue weighted by Crippen LogP contribution is -2.15. The molecule has 2 atom stereocenters. The van der Waals surface area contributed by atoms with Gasteiger partial charge < -0.3 is 10.1 Å². The molecule has 0 fully saturated rings. The van der Waals surface area contributed by atoms with E-state index >= 15 is 0 Å². The molecule has 1 amide bonds. The lowest BCUT2D eigenvalue weighted by Gasteiger charge is -2.09. The minimum atomic E-state index is -0.192. The first-order valence-electron chi connectivity index (χ1n) is 7.11. The van der Waals surface area contributed by atoms with Crippen molar-refractivity contribution < 1.29 is 9.53 Å². The Labute approximate surface area is 123 Å². The number of carbonyl (C=O) groups is 1. The first-order valence-corrected chi connectivity index (χ1v) is 7.11. The Morgan fingerprint density at radius 1 is 1.33 bits per heavy atom. The summed E-state index contributed by atoms with van der Waals surface area (Å²) in [5.74, 6) is 1.36. The summed E-state index contributed by atoms with van der Waals surface area (Å²) in [5, 5.41) is 9.82. The van der Waals surface area contributed by atoms with Gasteiger partial charge in [0.1, 0.15) is 11.9 Å². The zero-order valence-corrected chi connectivity index (χ0v) is 12.7. The van der Waals surface area contributed by atoms with Crippen molar-refractivity contribution >= 4 is 11.7 Å². The number of H-pyrrole nitrogens is 1. The molecule has 1 aromatic heterocycles. The van der Waals surface area contributed by atoms with E-state index in [9.17, 15) is 4.79 Å². The van der Waals surface area contributed by atoms with Gasteiger partial charge in [0.15, 0.2) is 5.82 Å². The third-order valence-corrected chi connectivity index (χ3v) is 4.27. The second kappa shape index (κ2) is 4.91. The summed E-state index contributed by atoms with van der Waals surface area (Å²) in [6.07, 6.45) is 0.0864. The number of carbonyl (C=O) groups excluding carboxylic acids is 1. The smallest absolute Gasteiger partial charge is 0.260 e.